The number of nitrogens with zero attached hydrogens (tertiary/aromatic N) is 1. The maximum Gasteiger partial charge on any atom is 0.223 e. The second kappa shape index (κ2) is 6.78. The van der Waals surface area contributed by atoms with E-state index < -0.39 is 0 Å². The van der Waals surface area contributed by atoms with Gasteiger partial charge in [0.15, 0.2) is 0 Å². The van der Waals surface area contributed by atoms with Gasteiger partial charge in [0.2, 0.25) is 5.91 Å². The van der Waals surface area contributed by atoms with Crippen molar-refractivity contribution in [1.29, 1.82) is 0 Å². The zero-order chi connectivity index (χ0) is 15.5. The predicted molar refractivity (Wildman–Crippen MR) is 84.9 cm³/mol. The molecule has 2 aliphatic rings. The Balaban J connectivity index is 1.71. The summed E-state index contributed by atoms with van der Waals surface area (Å²) < 4.78 is 14.1. The first-order chi connectivity index (χ1) is 10.7. The van der Waals surface area contributed by atoms with Crippen molar-refractivity contribution in [3.63, 3.8) is 0 Å². The molecule has 120 valence electrons. The minimum atomic E-state index is -0.213. The first-order valence-corrected chi connectivity index (χ1v) is 8.43. The minimum absolute atomic E-state index is 0.178. The van der Waals surface area contributed by atoms with E-state index in [0.717, 1.165) is 38.8 Å². The smallest absolute Gasteiger partial charge is 0.223 e. The normalized spacial score (nSPS) is 20.6. The molecule has 1 aliphatic heterocycles. The molecule has 1 aromatic rings. The van der Waals surface area contributed by atoms with E-state index in [1.165, 1.54) is 6.07 Å². The molecular weight excluding hydrogens is 279 g/mol. The van der Waals surface area contributed by atoms with Crippen molar-refractivity contribution in [2.24, 2.45) is 5.92 Å². The van der Waals surface area contributed by atoms with Crippen LogP contribution in [-0.4, -0.2) is 29.9 Å². The van der Waals surface area contributed by atoms with Gasteiger partial charge >= 0.3 is 0 Å². The molecule has 0 aromatic heterocycles. The summed E-state index contributed by atoms with van der Waals surface area (Å²) in [5.41, 5.74) is 0.632. The zero-order valence-corrected chi connectivity index (χ0v) is 13.2. The lowest BCUT2D eigenvalue weighted by Crippen LogP contribution is -2.38. The average Bonchev–Trinajstić information content (AvgIpc) is 3.33. The van der Waals surface area contributed by atoms with Gasteiger partial charge in [0, 0.05) is 18.0 Å². The Kier molecular flexibility index (Phi) is 4.77. The molecule has 0 spiro atoms. The molecule has 0 unspecified atom stereocenters. The monoisotopic (exact) mass is 304 g/mol. The van der Waals surface area contributed by atoms with Crippen LogP contribution in [0.2, 0.25) is 0 Å². The Morgan fingerprint density at radius 2 is 1.95 bits per heavy atom. The number of hydrogen-bond donors (Lipinski definition) is 1. The number of piperidine rings is 1. The summed E-state index contributed by atoms with van der Waals surface area (Å²) in [7, 11) is 0. The van der Waals surface area contributed by atoms with Crippen molar-refractivity contribution in [3.05, 3.63) is 35.6 Å². The number of carbonyl (C=O) groups is 1. The Hall–Kier alpha value is -1.42. The first kappa shape index (κ1) is 15.5. The highest BCUT2D eigenvalue weighted by Crippen LogP contribution is 2.36. The van der Waals surface area contributed by atoms with Crippen molar-refractivity contribution in [2.45, 2.75) is 51.1 Å². The van der Waals surface area contributed by atoms with E-state index in [1.54, 1.807) is 12.1 Å². The van der Waals surface area contributed by atoms with Gasteiger partial charge in [0.25, 0.3) is 0 Å². The molecule has 1 N–H and O–H groups in total. The van der Waals surface area contributed by atoms with Crippen molar-refractivity contribution in [1.82, 2.24) is 10.2 Å². The molecule has 1 saturated carbocycles. The van der Waals surface area contributed by atoms with Gasteiger partial charge in [-0.1, -0.05) is 18.2 Å². The van der Waals surface area contributed by atoms with E-state index in [0.29, 0.717) is 23.9 Å². The molecule has 1 heterocycles. The summed E-state index contributed by atoms with van der Waals surface area (Å²) in [4.78, 5) is 14.7. The molecule has 1 saturated heterocycles. The van der Waals surface area contributed by atoms with Crippen LogP contribution in [0.3, 0.4) is 0 Å². The van der Waals surface area contributed by atoms with E-state index in [4.69, 9.17) is 0 Å². The molecule has 1 aromatic carbocycles. The van der Waals surface area contributed by atoms with E-state index in [9.17, 15) is 9.18 Å². The lowest BCUT2D eigenvalue weighted by molar-refractivity contribution is -0.135. The topological polar surface area (TPSA) is 32.3 Å². The molecule has 0 radical (unpaired) electrons. The van der Waals surface area contributed by atoms with E-state index in [2.05, 4.69) is 5.32 Å². The van der Waals surface area contributed by atoms with Crippen molar-refractivity contribution < 1.29 is 9.18 Å². The minimum Gasteiger partial charge on any atom is -0.333 e. The summed E-state index contributed by atoms with van der Waals surface area (Å²) in [5, 5.41) is 3.33. The molecule has 1 amide bonds. The average molecular weight is 304 g/mol. The third-order valence-electron chi connectivity index (χ3n) is 4.92. The summed E-state index contributed by atoms with van der Waals surface area (Å²) in [6.45, 7) is 3.96. The highest BCUT2D eigenvalue weighted by Gasteiger charge is 2.37. The first-order valence-electron chi connectivity index (χ1n) is 8.43. The van der Waals surface area contributed by atoms with E-state index in [-0.39, 0.29) is 17.8 Å². The quantitative estimate of drug-likeness (QED) is 0.905. The van der Waals surface area contributed by atoms with Gasteiger partial charge < -0.3 is 10.2 Å². The number of amides is 1. The Bertz CT molecular complexity index is 524. The van der Waals surface area contributed by atoms with Gasteiger partial charge in [-0.3, -0.25) is 4.79 Å². The van der Waals surface area contributed by atoms with Gasteiger partial charge in [-0.05, 0) is 57.7 Å². The highest BCUT2D eigenvalue weighted by molar-refractivity contribution is 5.77. The molecule has 1 atom stereocenters. The van der Waals surface area contributed by atoms with Crippen LogP contribution in [0.1, 0.15) is 50.6 Å². The largest absolute Gasteiger partial charge is 0.333 e. The molecule has 0 bridgehead atoms. The summed E-state index contributed by atoms with van der Waals surface area (Å²) in [5.74, 6) is 0.461. The maximum absolute atomic E-state index is 14.1. The van der Waals surface area contributed by atoms with Crippen LogP contribution in [0, 0.1) is 11.7 Å². The number of benzene rings is 1. The molecular formula is C18H25FN2O. The van der Waals surface area contributed by atoms with Crippen LogP contribution in [0.5, 0.6) is 0 Å². The fourth-order valence-electron chi connectivity index (χ4n) is 3.49. The standard InChI is InChI=1S/C18H25FN2O/c1-13(16-4-2-3-5-17(16)19)21(15-6-7-15)18(22)12-14-8-10-20-11-9-14/h2-5,13-15,20H,6-12H2,1H3/t13-/m1/s1. The Labute approximate surface area is 131 Å². The molecule has 4 heteroatoms. The van der Waals surface area contributed by atoms with E-state index >= 15 is 0 Å². The lowest BCUT2D eigenvalue weighted by Gasteiger charge is -2.32. The fraction of sp³-hybridized carbons (Fsp3) is 0.611. The maximum atomic E-state index is 14.1. The second-order valence-corrected chi connectivity index (χ2v) is 6.63. The zero-order valence-electron chi connectivity index (χ0n) is 13.2. The van der Waals surface area contributed by atoms with Crippen molar-refractivity contribution in [2.75, 3.05) is 13.1 Å². The molecule has 3 rings (SSSR count). The number of nitrogens with one attached hydrogen (secondary N) is 1. The highest BCUT2D eigenvalue weighted by atomic mass is 19.1. The summed E-state index contributed by atoms with van der Waals surface area (Å²) in [6.07, 6.45) is 4.85. The number of hydrogen-bond acceptors (Lipinski definition) is 2. The molecule has 2 fully saturated rings. The van der Waals surface area contributed by atoms with Crippen LogP contribution in [-0.2, 0) is 4.79 Å². The third kappa shape index (κ3) is 3.49. The number of halogens is 1. The fourth-order valence-corrected chi connectivity index (χ4v) is 3.49. The van der Waals surface area contributed by atoms with Crippen molar-refractivity contribution >= 4 is 5.91 Å². The SMILES string of the molecule is C[C@H](c1ccccc1F)N(C(=O)CC1CCNCC1)C1CC1. The molecule has 1 aliphatic carbocycles. The van der Waals surface area contributed by atoms with Crippen LogP contribution in [0.25, 0.3) is 0 Å². The van der Waals surface area contributed by atoms with Crippen LogP contribution < -0.4 is 5.32 Å². The van der Waals surface area contributed by atoms with Crippen LogP contribution >= 0.6 is 0 Å². The van der Waals surface area contributed by atoms with Gasteiger partial charge in [-0.15, -0.1) is 0 Å². The molecule has 3 nitrogen and oxygen atoms in total. The van der Waals surface area contributed by atoms with Gasteiger partial charge in [0.05, 0.1) is 6.04 Å². The lowest BCUT2D eigenvalue weighted by atomic mass is 9.93. The van der Waals surface area contributed by atoms with Gasteiger partial charge in [0.1, 0.15) is 5.82 Å². The van der Waals surface area contributed by atoms with Crippen LogP contribution in [0.15, 0.2) is 24.3 Å². The van der Waals surface area contributed by atoms with Crippen LogP contribution in [0.4, 0.5) is 4.39 Å². The number of rotatable bonds is 5. The third-order valence-corrected chi connectivity index (χ3v) is 4.92. The second-order valence-electron chi connectivity index (χ2n) is 6.63. The van der Waals surface area contributed by atoms with Gasteiger partial charge in [-0.2, -0.15) is 0 Å². The Morgan fingerprint density at radius 3 is 2.59 bits per heavy atom. The van der Waals surface area contributed by atoms with E-state index in [1.807, 2.05) is 17.9 Å². The Morgan fingerprint density at radius 1 is 1.27 bits per heavy atom. The number of carbonyl (C=O) groups excluding carboxylic acids is 1. The molecule has 22 heavy (non-hydrogen) atoms. The summed E-state index contributed by atoms with van der Waals surface area (Å²) in [6, 6.07) is 6.95. The summed E-state index contributed by atoms with van der Waals surface area (Å²) >= 11 is 0. The predicted octanol–water partition coefficient (Wildman–Crippen LogP) is 3.27. The van der Waals surface area contributed by atoms with Crippen molar-refractivity contribution in [3.8, 4) is 0 Å². The van der Waals surface area contributed by atoms with Gasteiger partial charge in [-0.25, -0.2) is 4.39 Å².